The monoisotopic (exact) mass is 311 g/mol. The summed E-state index contributed by atoms with van der Waals surface area (Å²) in [7, 11) is 0. The van der Waals surface area contributed by atoms with E-state index in [1.807, 2.05) is 45.0 Å². The second-order valence-electron chi connectivity index (χ2n) is 6.46. The molecule has 4 nitrogen and oxygen atoms in total. The normalized spacial score (nSPS) is 22.4. The SMILES string of the molecule is CC(C)(C)OC(=O)N1CC(CO)C(c2ccccc2Cl)C1. The van der Waals surface area contributed by atoms with E-state index >= 15 is 0 Å². The number of likely N-dealkylation sites (tertiary alicyclic amines) is 1. The van der Waals surface area contributed by atoms with Crippen LogP contribution in [-0.2, 0) is 4.74 Å². The summed E-state index contributed by atoms with van der Waals surface area (Å²) in [5.74, 6) is 0.0219. The summed E-state index contributed by atoms with van der Waals surface area (Å²) in [4.78, 5) is 13.8. The lowest BCUT2D eigenvalue weighted by Crippen LogP contribution is -2.35. The average molecular weight is 312 g/mol. The molecule has 1 aliphatic heterocycles. The maximum Gasteiger partial charge on any atom is 0.410 e. The standard InChI is InChI=1S/C16H22ClNO3/c1-16(2,3)21-15(20)18-8-11(10-19)13(9-18)12-6-4-5-7-14(12)17/h4-7,11,13,19H,8-10H2,1-3H3. The highest BCUT2D eigenvalue weighted by Gasteiger charge is 2.38. The molecule has 2 unspecified atom stereocenters. The predicted octanol–water partition coefficient (Wildman–Crippen LogP) is 3.28. The Morgan fingerprint density at radius 2 is 2.05 bits per heavy atom. The van der Waals surface area contributed by atoms with Gasteiger partial charge >= 0.3 is 6.09 Å². The van der Waals surface area contributed by atoms with Crippen molar-refractivity contribution >= 4 is 17.7 Å². The van der Waals surface area contributed by atoms with Crippen LogP contribution in [0.4, 0.5) is 4.79 Å². The van der Waals surface area contributed by atoms with Crippen molar-refractivity contribution in [2.45, 2.75) is 32.3 Å². The predicted molar refractivity (Wildman–Crippen MR) is 82.6 cm³/mol. The molecule has 1 heterocycles. The Morgan fingerprint density at radius 3 is 2.62 bits per heavy atom. The van der Waals surface area contributed by atoms with Gasteiger partial charge in [-0.25, -0.2) is 4.79 Å². The Morgan fingerprint density at radius 1 is 1.38 bits per heavy atom. The molecule has 0 radical (unpaired) electrons. The number of ether oxygens (including phenoxy) is 1. The first kappa shape index (κ1) is 16.1. The molecule has 2 rings (SSSR count). The van der Waals surface area contributed by atoms with E-state index in [0.717, 1.165) is 5.56 Å². The van der Waals surface area contributed by atoms with E-state index < -0.39 is 5.60 Å². The summed E-state index contributed by atoms with van der Waals surface area (Å²) in [5, 5.41) is 10.3. The van der Waals surface area contributed by atoms with Crippen molar-refractivity contribution in [3.8, 4) is 0 Å². The number of carbonyl (C=O) groups is 1. The van der Waals surface area contributed by atoms with Gasteiger partial charge in [-0.05, 0) is 32.4 Å². The average Bonchev–Trinajstić information content (AvgIpc) is 2.81. The first-order valence-corrected chi connectivity index (χ1v) is 7.53. The molecule has 1 N–H and O–H groups in total. The summed E-state index contributed by atoms with van der Waals surface area (Å²) >= 11 is 6.24. The van der Waals surface area contributed by atoms with Crippen LogP contribution in [0.3, 0.4) is 0 Å². The van der Waals surface area contributed by atoms with Crippen molar-refractivity contribution in [3.63, 3.8) is 0 Å². The minimum atomic E-state index is -0.520. The number of benzene rings is 1. The van der Waals surface area contributed by atoms with Crippen molar-refractivity contribution in [2.24, 2.45) is 5.92 Å². The lowest BCUT2D eigenvalue weighted by molar-refractivity contribution is 0.0283. The van der Waals surface area contributed by atoms with Crippen molar-refractivity contribution in [1.82, 2.24) is 4.90 Å². The second kappa shape index (κ2) is 6.24. The summed E-state index contributed by atoms with van der Waals surface area (Å²) in [6.45, 7) is 6.56. The van der Waals surface area contributed by atoms with Crippen LogP contribution in [0.1, 0.15) is 32.3 Å². The van der Waals surface area contributed by atoms with Crippen molar-refractivity contribution in [2.75, 3.05) is 19.7 Å². The molecule has 21 heavy (non-hydrogen) atoms. The molecule has 1 aliphatic rings. The zero-order valence-electron chi connectivity index (χ0n) is 12.7. The first-order valence-electron chi connectivity index (χ1n) is 7.15. The lowest BCUT2D eigenvalue weighted by Gasteiger charge is -2.24. The third-order valence-corrected chi connectivity index (χ3v) is 3.98. The number of aliphatic hydroxyl groups is 1. The summed E-state index contributed by atoms with van der Waals surface area (Å²) in [6, 6.07) is 7.59. The van der Waals surface area contributed by atoms with Crippen LogP contribution in [0, 0.1) is 5.92 Å². The van der Waals surface area contributed by atoms with E-state index in [0.29, 0.717) is 18.1 Å². The number of halogens is 1. The summed E-state index contributed by atoms with van der Waals surface area (Å²) in [5.41, 5.74) is 0.457. The topological polar surface area (TPSA) is 49.8 Å². The van der Waals surface area contributed by atoms with E-state index in [1.54, 1.807) is 4.90 Å². The molecular weight excluding hydrogens is 290 g/mol. The van der Waals surface area contributed by atoms with Crippen LogP contribution >= 0.6 is 11.6 Å². The number of nitrogens with zero attached hydrogens (tertiary/aromatic N) is 1. The number of aliphatic hydroxyl groups excluding tert-OH is 1. The number of amides is 1. The molecule has 2 atom stereocenters. The minimum absolute atomic E-state index is 0.0163. The molecule has 0 aliphatic carbocycles. The fourth-order valence-electron chi connectivity index (χ4n) is 2.66. The smallest absolute Gasteiger partial charge is 0.410 e. The largest absolute Gasteiger partial charge is 0.444 e. The van der Waals surface area contributed by atoms with E-state index in [9.17, 15) is 9.90 Å². The molecule has 0 bridgehead atoms. The van der Waals surface area contributed by atoms with E-state index in [2.05, 4.69) is 0 Å². The van der Waals surface area contributed by atoms with E-state index in [1.165, 1.54) is 0 Å². The van der Waals surface area contributed by atoms with Gasteiger partial charge in [0.15, 0.2) is 0 Å². The van der Waals surface area contributed by atoms with Crippen LogP contribution in [0.15, 0.2) is 24.3 Å². The van der Waals surface area contributed by atoms with Crippen LogP contribution in [-0.4, -0.2) is 41.4 Å². The third kappa shape index (κ3) is 3.89. The zero-order chi connectivity index (χ0) is 15.6. The van der Waals surface area contributed by atoms with Gasteiger partial charge in [-0.1, -0.05) is 29.8 Å². The highest BCUT2D eigenvalue weighted by molar-refractivity contribution is 6.31. The Bertz CT molecular complexity index is 512. The van der Waals surface area contributed by atoms with Crippen molar-refractivity contribution in [3.05, 3.63) is 34.9 Å². The van der Waals surface area contributed by atoms with Gasteiger partial charge in [0.25, 0.3) is 0 Å². The summed E-state index contributed by atoms with van der Waals surface area (Å²) in [6.07, 6.45) is -0.337. The molecule has 1 aromatic carbocycles. The maximum absolute atomic E-state index is 12.2. The van der Waals surface area contributed by atoms with Gasteiger partial charge in [0.1, 0.15) is 5.60 Å². The van der Waals surface area contributed by atoms with Gasteiger partial charge in [0, 0.05) is 36.6 Å². The molecule has 1 saturated heterocycles. The van der Waals surface area contributed by atoms with Gasteiger partial charge in [-0.3, -0.25) is 0 Å². The molecule has 5 heteroatoms. The molecule has 1 aromatic rings. The second-order valence-corrected chi connectivity index (χ2v) is 6.86. The van der Waals surface area contributed by atoms with Gasteiger partial charge in [0.2, 0.25) is 0 Å². The Balaban J connectivity index is 2.15. The maximum atomic E-state index is 12.2. The van der Waals surface area contributed by atoms with Gasteiger partial charge in [-0.15, -0.1) is 0 Å². The molecule has 0 spiro atoms. The number of hydrogen-bond donors (Lipinski definition) is 1. The van der Waals surface area contributed by atoms with Crippen LogP contribution < -0.4 is 0 Å². The Kier molecular flexibility index (Phi) is 4.79. The molecule has 0 aromatic heterocycles. The molecule has 0 saturated carbocycles. The molecule has 1 fully saturated rings. The number of carbonyl (C=O) groups excluding carboxylic acids is 1. The van der Waals surface area contributed by atoms with Gasteiger partial charge < -0.3 is 14.7 Å². The molecular formula is C16H22ClNO3. The third-order valence-electron chi connectivity index (χ3n) is 3.63. The first-order chi connectivity index (χ1) is 9.81. The van der Waals surface area contributed by atoms with Crippen LogP contribution in [0.25, 0.3) is 0 Å². The highest BCUT2D eigenvalue weighted by atomic mass is 35.5. The van der Waals surface area contributed by atoms with E-state index in [-0.39, 0.29) is 24.5 Å². The number of hydrogen-bond acceptors (Lipinski definition) is 3. The minimum Gasteiger partial charge on any atom is -0.444 e. The van der Waals surface area contributed by atoms with E-state index in [4.69, 9.17) is 16.3 Å². The van der Waals surface area contributed by atoms with Gasteiger partial charge in [-0.2, -0.15) is 0 Å². The fraction of sp³-hybridized carbons (Fsp3) is 0.562. The lowest BCUT2D eigenvalue weighted by atomic mass is 9.89. The van der Waals surface area contributed by atoms with Crippen molar-refractivity contribution in [1.29, 1.82) is 0 Å². The quantitative estimate of drug-likeness (QED) is 0.912. The van der Waals surface area contributed by atoms with Crippen LogP contribution in [0.2, 0.25) is 5.02 Å². The van der Waals surface area contributed by atoms with Gasteiger partial charge in [0.05, 0.1) is 0 Å². The fourth-order valence-corrected chi connectivity index (χ4v) is 2.94. The van der Waals surface area contributed by atoms with Crippen molar-refractivity contribution < 1.29 is 14.6 Å². The Hall–Kier alpha value is -1.26. The highest BCUT2D eigenvalue weighted by Crippen LogP contribution is 2.36. The Labute approximate surface area is 130 Å². The molecule has 1 amide bonds. The zero-order valence-corrected chi connectivity index (χ0v) is 13.4. The summed E-state index contributed by atoms with van der Waals surface area (Å²) < 4.78 is 5.40. The number of rotatable bonds is 2. The van der Waals surface area contributed by atoms with Crippen LogP contribution in [0.5, 0.6) is 0 Å². The molecule has 116 valence electrons.